The Labute approximate surface area is 188 Å². The van der Waals surface area contributed by atoms with E-state index >= 15 is 0 Å². The maximum Gasteiger partial charge on any atom is 0.264 e. The summed E-state index contributed by atoms with van der Waals surface area (Å²) in [5.74, 6) is -0.619. The number of carbonyl (C=O) groups is 1. The zero-order valence-electron chi connectivity index (χ0n) is 15.7. The number of nitrogens with zero attached hydrogens (tertiary/aromatic N) is 2. The lowest BCUT2D eigenvalue weighted by atomic mass is 10.3. The highest BCUT2D eigenvalue weighted by Gasteiger charge is 2.28. The van der Waals surface area contributed by atoms with Crippen molar-refractivity contribution in [3.05, 3.63) is 80.5 Å². The first kappa shape index (κ1) is 22.3. The third-order valence-electron chi connectivity index (χ3n) is 4.07. The Balaban J connectivity index is 1.89. The number of nitrogens with one attached hydrogen (secondary N) is 1. The van der Waals surface area contributed by atoms with Crippen molar-refractivity contribution in [2.75, 3.05) is 10.8 Å². The van der Waals surface area contributed by atoms with Crippen LogP contribution in [-0.2, 0) is 14.8 Å². The molecule has 0 aliphatic rings. The molecule has 0 aliphatic heterocycles. The van der Waals surface area contributed by atoms with E-state index in [1.54, 1.807) is 18.2 Å². The minimum absolute atomic E-state index is 0.0292. The summed E-state index contributed by atoms with van der Waals surface area (Å²) in [7, 11) is -4.06. The van der Waals surface area contributed by atoms with Crippen molar-refractivity contribution in [3.8, 4) is 0 Å². The number of amides is 1. The van der Waals surface area contributed by atoms with Gasteiger partial charge in [0.25, 0.3) is 15.9 Å². The number of hydrogen-bond donors (Lipinski definition) is 1. The summed E-state index contributed by atoms with van der Waals surface area (Å²) in [6.45, 7) is 1.41. The van der Waals surface area contributed by atoms with E-state index in [2.05, 4.69) is 10.5 Å². The van der Waals surface area contributed by atoms with Gasteiger partial charge in [0, 0.05) is 9.90 Å². The van der Waals surface area contributed by atoms with Gasteiger partial charge in [-0.05, 0) is 54.3 Å². The Morgan fingerprint density at radius 3 is 2.53 bits per heavy atom. The molecule has 2 aromatic carbocycles. The molecule has 0 spiro atoms. The van der Waals surface area contributed by atoms with Crippen LogP contribution in [0.2, 0.25) is 10.0 Å². The normalized spacial score (nSPS) is 11.6. The van der Waals surface area contributed by atoms with Crippen LogP contribution < -0.4 is 9.73 Å². The number of sulfonamides is 1. The molecule has 6 nitrogen and oxygen atoms in total. The highest BCUT2D eigenvalue weighted by Crippen LogP contribution is 2.32. The van der Waals surface area contributed by atoms with E-state index in [0.29, 0.717) is 5.02 Å². The summed E-state index contributed by atoms with van der Waals surface area (Å²) in [5, 5.41) is 6.29. The van der Waals surface area contributed by atoms with E-state index in [-0.39, 0.29) is 15.6 Å². The van der Waals surface area contributed by atoms with Crippen LogP contribution in [0.4, 0.5) is 5.69 Å². The Kier molecular flexibility index (Phi) is 7.14. The van der Waals surface area contributed by atoms with E-state index < -0.39 is 22.5 Å². The fraction of sp³-hybridized carbons (Fsp3) is 0.100. The Morgan fingerprint density at radius 2 is 1.90 bits per heavy atom. The number of benzene rings is 2. The van der Waals surface area contributed by atoms with Crippen LogP contribution in [0.25, 0.3) is 0 Å². The van der Waals surface area contributed by atoms with Crippen molar-refractivity contribution in [1.82, 2.24) is 5.43 Å². The number of hydrazone groups is 1. The van der Waals surface area contributed by atoms with Crippen molar-refractivity contribution in [1.29, 1.82) is 0 Å². The van der Waals surface area contributed by atoms with Gasteiger partial charge in [0.1, 0.15) is 6.54 Å². The number of rotatable bonds is 7. The van der Waals surface area contributed by atoms with Crippen molar-refractivity contribution in [3.63, 3.8) is 0 Å². The molecule has 0 fully saturated rings. The van der Waals surface area contributed by atoms with Crippen LogP contribution >= 0.6 is 34.5 Å². The summed E-state index contributed by atoms with van der Waals surface area (Å²) < 4.78 is 27.4. The van der Waals surface area contributed by atoms with Gasteiger partial charge in [-0.25, -0.2) is 13.8 Å². The molecule has 0 saturated carbocycles. The predicted octanol–water partition coefficient (Wildman–Crippen LogP) is 4.71. The molecule has 3 aromatic rings. The number of halogens is 2. The molecule has 3 rings (SSSR count). The average Bonchev–Trinajstić information content (AvgIpc) is 3.12. The third kappa shape index (κ3) is 5.20. The summed E-state index contributed by atoms with van der Waals surface area (Å²) in [6, 6.07) is 14.1. The lowest BCUT2D eigenvalue weighted by Crippen LogP contribution is -2.39. The van der Waals surface area contributed by atoms with Crippen LogP contribution in [0, 0.1) is 6.92 Å². The number of thiophene rings is 1. The maximum atomic E-state index is 13.2. The molecule has 1 amide bonds. The standard InChI is InChI=1S/C20H17Cl2N3O3S2/c1-14-9-10-29-19(14)12-23-24-20(26)13-25(18-8-7-15(21)11-17(18)22)30(27,28)16-5-3-2-4-6-16/h2-12H,13H2,1H3,(H,24,26)/b23-12-. The lowest BCUT2D eigenvalue weighted by Gasteiger charge is -2.24. The van der Waals surface area contributed by atoms with Crippen LogP contribution in [0.1, 0.15) is 10.4 Å². The molecule has 0 radical (unpaired) electrons. The van der Waals surface area contributed by atoms with Gasteiger partial charge in [0.2, 0.25) is 0 Å². The molecule has 1 heterocycles. The summed E-state index contributed by atoms with van der Waals surface area (Å²) in [6.07, 6.45) is 1.52. The topological polar surface area (TPSA) is 78.8 Å². The SMILES string of the molecule is Cc1ccsc1/C=N\NC(=O)CN(c1ccc(Cl)cc1Cl)S(=O)(=O)c1ccccc1. The number of hydrogen-bond acceptors (Lipinski definition) is 5. The second-order valence-corrected chi connectivity index (χ2v) is 9.84. The smallest absolute Gasteiger partial charge is 0.264 e. The van der Waals surface area contributed by atoms with Gasteiger partial charge in [-0.2, -0.15) is 5.10 Å². The maximum absolute atomic E-state index is 13.2. The van der Waals surface area contributed by atoms with Crippen LogP contribution in [0.5, 0.6) is 0 Å². The predicted molar refractivity (Wildman–Crippen MR) is 122 cm³/mol. The molecule has 1 aromatic heterocycles. The number of anilines is 1. The minimum atomic E-state index is -4.06. The van der Waals surface area contributed by atoms with Gasteiger partial charge in [-0.3, -0.25) is 9.10 Å². The van der Waals surface area contributed by atoms with Gasteiger partial charge >= 0.3 is 0 Å². The first-order valence-electron chi connectivity index (χ1n) is 8.68. The van der Waals surface area contributed by atoms with Crippen molar-refractivity contribution in [2.45, 2.75) is 11.8 Å². The van der Waals surface area contributed by atoms with Crippen LogP contribution in [0.15, 0.2) is 70.0 Å². The number of carbonyl (C=O) groups excluding carboxylic acids is 1. The molecule has 30 heavy (non-hydrogen) atoms. The van der Waals surface area contributed by atoms with E-state index in [1.165, 1.54) is 47.9 Å². The van der Waals surface area contributed by atoms with E-state index in [9.17, 15) is 13.2 Å². The van der Waals surface area contributed by atoms with Crippen molar-refractivity contribution in [2.24, 2.45) is 5.10 Å². The Morgan fingerprint density at radius 1 is 1.17 bits per heavy atom. The summed E-state index contributed by atoms with van der Waals surface area (Å²) >= 11 is 13.7. The fourth-order valence-electron chi connectivity index (χ4n) is 2.55. The number of aryl methyl sites for hydroxylation is 1. The van der Waals surface area contributed by atoms with Crippen molar-refractivity contribution < 1.29 is 13.2 Å². The van der Waals surface area contributed by atoms with Gasteiger partial charge in [0.15, 0.2) is 0 Å². The summed E-state index contributed by atoms with van der Waals surface area (Å²) in [5.41, 5.74) is 3.53. The van der Waals surface area contributed by atoms with E-state index in [0.717, 1.165) is 14.7 Å². The second kappa shape index (κ2) is 9.61. The van der Waals surface area contributed by atoms with E-state index in [4.69, 9.17) is 23.2 Å². The highest BCUT2D eigenvalue weighted by atomic mass is 35.5. The third-order valence-corrected chi connectivity index (χ3v) is 7.33. The monoisotopic (exact) mass is 481 g/mol. The van der Waals surface area contributed by atoms with Crippen molar-refractivity contribution >= 4 is 62.4 Å². The molecule has 10 heteroatoms. The highest BCUT2D eigenvalue weighted by molar-refractivity contribution is 7.92. The lowest BCUT2D eigenvalue weighted by molar-refractivity contribution is -0.119. The molecule has 0 bridgehead atoms. The Bertz CT molecular complexity index is 1180. The summed E-state index contributed by atoms with van der Waals surface area (Å²) in [4.78, 5) is 13.4. The van der Waals surface area contributed by atoms with E-state index in [1.807, 2.05) is 18.4 Å². The molecule has 0 aliphatic carbocycles. The van der Waals surface area contributed by atoms with Gasteiger partial charge in [-0.15, -0.1) is 11.3 Å². The van der Waals surface area contributed by atoms with Gasteiger partial charge < -0.3 is 0 Å². The molecule has 0 unspecified atom stereocenters. The molecular weight excluding hydrogens is 465 g/mol. The fourth-order valence-corrected chi connectivity index (χ4v) is 5.36. The average molecular weight is 482 g/mol. The molecule has 0 atom stereocenters. The first-order valence-corrected chi connectivity index (χ1v) is 11.8. The molecular formula is C20H17Cl2N3O3S2. The van der Waals surface area contributed by atoms with Gasteiger partial charge in [-0.1, -0.05) is 41.4 Å². The van der Waals surface area contributed by atoms with Crippen LogP contribution in [-0.4, -0.2) is 27.1 Å². The van der Waals surface area contributed by atoms with Gasteiger partial charge in [0.05, 0.1) is 21.8 Å². The molecule has 156 valence electrons. The second-order valence-electron chi connectivity index (χ2n) is 6.18. The molecule has 1 N–H and O–H groups in total. The zero-order chi connectivity index (χ0) is 21.7. The molecule has 0 saturated heterocycles. The minimum Gasteiger partial charge on any atom is -0.271 e. The van der Waals surface area contributed by atoms with Crippen LogP contribution in [0.3, 0.4) is 0 Å². The largest absolute Gasteiger partial charge is 0.271 e. The first-order chi connectivity index (χ1) is 14.3. The quantitative estimate of drug-likeness (QED) is 0.391. The Hall–Kier alpha value is -2.39. The zero-order valence-corrected chi connectivity index (χ0v) is 18.9.